The topological polar surface area (TPSA) is 398 Å². The predicted molar refractivity (Wildman–Crippen MR) is 265 cm³/mol. The number of hydrogen-bond acceptors (Lipinski definition) is 24. The molecule has 9 rings (SSSR count). The number of hydrogen-bond donors (Lipinski definition) is 16. The molecule has 30 atom stereocenters. The van der Waals surface area contributed by atoms with Crippen LogP contribution in [0.1, 0.15) is 99.3 Å². The van der Waals surface area contributed by atoms with Crippen LogP contribution in [0.2, 0.25) is 0 Å². The molecule has 78 heavy (non-hydrogen) atoms. The molecule has 4 saturated carbocycles. The van der Waals surface area contributed by atoms with Crippen LogP contribution in [-0.2, 0) is 37.9 Å². The van der Waals surface area contributed by atoms with Crippen molar-refractivity contribution in [3.05, 3.63) is 11.6 Å². The normalized spacial score (nSPS) is 55.2. The second-order valence-corrected chi connectivity index (χ2v) is 26.4. The van der Waals surface area contributed by atoms with Gasteiger partial charge in [-0.25, -0.2) is 0 Å². The molecule has 4 saturated heterocycles. The molecule has 0 aromatic heterocycles. The maximum atomic E-state index is 12.9. The molecular formula is C54H90O24. The van der Waals surface area contributed by atoms with Gasteiger partial charge in [0.2, 0.25) is 0 Å². The zero-order chi connectivity index (χ0) is 57.0. The lowest BCUT2D eigenvalue weighted by Crippen LogP contribution is -2.68. The van der Waals surface area contributed by atoms with Crippen molar-refractivity contribution in [1.82, 2.24) is 0 Å². The molecule has 16 N–H and O–H groups in total. The van der Waals surface area contributed by atoms with Crippen LogP contribution < -0.4 is 0 Å². The minimum absolute atomic E-state index is 0.0647. The Morgan fingerprint density at radius 3 is 1.40 bits per heavy atom. The minimum atomic E-state index is -1.76. The van der Waals surface area contributed by atoms with Crippen LogP contribution in [0.25, 0.3) is 0 Å². The highest BCUT2D eigenvalue weighted by atomic mass is 16.7. The van der Waals surface area contributed by atoms with Gasteiger partial charge in [-0.15, -0.1) is 0 Å². The fourth-order valence-electron chi connectivity index (χ4n) is 16.4. The van der Waals surface area contributed by atoms with E-state index in [1.807, 2.05) is 6.92 Å². The largest absolute Gasteiger partial charge is 0.394 e. The van der Waals surface area contributed by atoms with Gasteiger partial charge in [-0.3, -0.25) is 0 Å². The molecule has 5 aliphatic carbocycles. The van der Waals surface area contributed by atoms with Crippen LogP contribution in [0.3, 0.4) is 0 Å². The van der Waals surface area contributed by atoms with E-state index >= 15 is 0 Å². The summed E-state index contributed by atoms with van der Waals surface area (Å²) in [4.78, 5) is 0. The summed E-state index contributed by atoms with van der Waals surface area (Å²) >= 11 is 0. The third kappa shape index (κ3) is 10.2. The predicted octanol–water partition coefficient (Wildman–Crippen LogP) is -3.62. The van der Waals surface area contributed by atoms with Crippen molar-refractivity contribution in [2.45, 2.75) is 234 Å². The van der Waals surface area contributed by atoms with Gasteiger partial charge in [0, 0.05) is 10.8 Å². The maximum absolute atomic E-state index is 12.9. The summed E-state index contributed by atoms with van der Waals surface area (Å²) in [6, 6.07) is 0. The van der Waals surface area contributed by atoms with Gasteiger partial charge in [-0.05, 0) is 97.2 Å². The molecule has 24 nitrogen and oxygen atoms in total. The molecule has 0 radical (unpaired) electrons. The maximum Gasteiger partial charge on any atom is 0.186 e. The highest BCUT2D eigenvalue weighted by Crippen LogP contribution is 2.76. The molecule has 0 spiro atoms. The Balaban J connectivity index is 0.905. The van der Waals surface area contributed by atoms with Crippen LogP contribution in [0, 0.1) is 50.2 Å². The van der Waals surface area contributed by atoms with E-state index in [1.165, 1.54) is 5.57 Å². The highest BCUT2D eigenvalue weighted by molar-refractivity contribution is 5.35. The summed E-state index contributed by atoms with van der Waals surface area (Å²) in [7, 11) is 0. The van der Waals surface area contributed by atoms with E-state index in [-0.39, 0.29) is 47.2 Å². The first-order valence-electron chi connectivity index (χ1n) is 28.1. The van der Waals surface area contributed by atoms with Crippen LogP contribution in [-0.4, -0.2) is 256 Å². The first-order valence-corrected chi connectivity index (χ1v) is 28.1. The summed E-state index contributed by atoms with van der Waals surface area (Å²) in [6.07, 6.45) is -25.3. The SMILES string of the molecule is CC1(C)CCC2(COC3OC(COC4OC(CO)C(O)C(O)C4O)C(O)C(O)C3O)C(O)CC3(C)C(=CCC4C5(C)CCC(O)C(C)(COC6OC(COC7OC(CO)C(O)C(O)C7O)C(O)C(O)C6O)C5CCC43C)C2C1. The number of fused-ring (bicyclic) bond motifs is 7. The number of allylic oxidation sites excluding steroid dienone is 2. The van der Waals surface area contributed by atoms with Crippen LogP contribution in [0.15, 0.2) is 11.6 Å². The Hall–Kier alpha value is -1.22. The van der Waals surface area contributed by atoms with Gasteiger partial charge in [0.05, 0.1) is 51.8 Å². The van der Waals surface area contributed by atoms with Crippen molar-refractivity contribution < 1.29 is 120 Å². The van der Waals surface area contributed by atoms with E-state index in [4.69, 9.17) is 37.9 Å². The van der Waals surface area contributed by atoms with Gasteiger partial charge in [0.15, 0.2) is 25.2 Å². The molecule has 30 unspecified atom stereocenters. The summed E-state index contributed by atoms with van der Waals surface area (Å²) in [5.41, 5.74) is -1.84. The molecule has 9 aliphatic rings. The Labute approximate surface area is 454 Å². The van der Waals surface area contributed by atoms with Crippen molar-refractivity contribution >= 4 is 0 Å². The van der Waals surface area contributed by atoms with Gasteiger partial charge >= 0.3 is 0 Å². The van der Waals surface area contributed by atoms with Crippen LogP contribution in [0.5, 0.6) is 0 Å². The molecule has 24 heteroatoms. The molecule has 8 fully saturated rings. The monoisotopic (exact) mass is 1120 g/mol. The smallest absolute Gasteiger partial charge is 0.186 e. The quantitative estimate of drug-likeness (QED) is 0.0747. The molecule has 0 aromatic carbocycles. The average molecular weight is 1120 g/mol. The highest BCUT2D eigenvalue weighted by Gasteiger charge is 2.71. The van der Waals surface area contributed by atoms with Crippen molar-refractivity contribution in [1.29, 1.82) is 0 Å². The van der Waals surface area contributed by atoms with E-state index in [0.717, 1.165) is 19.3 Å². The summed E-state index contributed by atoms with van der Waals surface area (Å²) < 4.78 is 47.0. The number of aliphatic hydroxyl groups is 16. The minimum Gasteiger partial charge on any atom is -0.394 e. The van der Waals surface area contributed by atoms with Gasteiger partial charge in [0.1, 0.15) is 97.7 Å². The second-order valence-electron chi connectivity index (χ2n) is 26.4. The zero-order valence-electron chi connectivity index (χ0n) is 45.5. The molecule has 0 amide bonds. The van der Waals surface area contributed by atoms with E-state index in [1.54, 1.807) is 0 Å². The molecule has 4 heterocycles. The summed E-state index contributed by atoms with van der Waals surface area (Å²) in [5.74, 6) is -0.201. The summed E-state index contributed by atoms with van der Waals surface area (Å²) in [6.45, 7) is 10.7. The van der Waals surface area contributed by atoms with Crippen molar-refractivity contribution in [2.75, 3.05) is 39.6 Å². The second kappa shape index (κ2) is 22.7. The zero-order valence-corrected chi connectivity index (χ0v) is 45.5. The lowest BCUT2D eigenvalue weighted by Gasteiger charge is -2.72. The molecule has 0 bridgehead atoms. The third-order valence-corrected chi connectivity index (χ3v) is 21.6. The molecule has 450 valence electrons. The lowest BCUT2D eigenvalue weighted by atomic mass is 9.33. The fourth-order valence-corrected chi connectivity index (χ4v) is 16.4. The number of rotatable bonds is 14. The average Bonchev–Trinajstić information content (AvgIpc) is 3.56. The summed E-state index contributed by atoms with van der Waals surface area (Å²) in [5, 5.41) is 173. The van der Waals surface area contributed by atoms with Gasteiger partial charge in [-0.1, -0.05) is 53.2 Å². The van der Waals surface area contributed by atoms with Crippen molar-refractivity contribution in [2.24, 2.45) is 50.2 Å². The Morgan fingerprint density at radius 1 is 0.462 bits per heavy atom. The third-order valence-electron chi connectivity index (χ3n) is 21.6. The first-order chi connectivity index (χ1) is 36.5. The van der Waals surface area contributed by atoms with Crippen LogP contribution in [0.4, 0.5) is 0 Å². The van der Waals surface area contributed by atoms with E-state index in [2.05, 4.69) is 40.7 Å². The van der Waals surface area contributed by atoms with E-state index < -0.39 is 178 Å². The fraction of sp³-hybridized carbons (Fsp3) is 0.963. The van der Waals surface area contributed by atoms with Gasteiger partial charge < -0.3 is 120 Å². The Bertz CT molecular complexity index is 2090. The van der Waals surface area contributed by atoms with Crippen molar-refractivity contribution in [3.8, 4) is 0 Å². The number of ether oxygens (including phenoxy) is 8. The molecular weight excluding hydrogens is 1030 g/mol. The van der Waals surface area contributed by atoms with Gasteiger partial charge in [0.25, 0.3) is 0 Å². The van der Waals surface area contributed by atoms with E-state index in [9.17, 15) is 81.7 Å². The van der Waals surface area contributed by atoms with Crippen LogP contribution >= 0.6 is 0 Å². The van der Waals surface area contributed by atoms with Crippen molar-refractivity contribution in [3.63, 3.8) is 0 Å². The standard InChI is InChI=1S/C54H90O24/c1-49(2)13-14-54(22-74-48-44(70)40(66)36(62)28(78-48)20-72-46-42(68)38(64)34(60)26(18-56)76-46)24(15-49)23-7-8-30-50(3)11-10-31(57)51(4,29(50)9-12-52(30,5)53(23,6)16-32(54)58)21-73-47-43(69)39(65)35(61)27(77-47)19-71-45-41(67)37(63)33(59)25(17-55)75-45/h7,24-48,55-70H,8-22H2,1-6H3. The molecule has 0 aromatic rings. The first kappa shape index (κ1) is 61.3. The van der Waals surface area contributed by atoms with E-state index in [0.29, 0.717) is 38.5 Å². The Kier molecular flexibility index (Phi) is 17.8. The Morgan fingerprint density at radius 2 is 0.910 bits per heavy atom. The number of aliphatic hydroxyl groups excluding tert-OH is 16. The lowest BCUT2D eigenvalue weighted by molar-refractivity contribution is -0.337. The van der Waals surface area contributed by atoms with Gasteiger partial charge in [-0.2, -0.15) is 0 Å². The molecule has 4 aliphatic heterocycles.